The summed E-state index contributed by atoms with van der Waals surface area (Å²) >= 11 is 0. The van der Waals surface area contributed by atoms with Crippen LogP contribution in [-0.4, -0.2) is 48.1 Å². The summed E-state index contributed by atoms with van der Waals surface area (Å²) in [5, 5.41) is 3.17. The first-order valence-electron chi connectivity index (χ1n) is 9.36. The minimum Gasteiger partial charge on any atom is -0.336 e. The van der Waals surface area contributed by atoms with Crippen LogP contribution in [0.4, 0.5) is 4.79 Å². The first kappa shape index (κ1) is 18.8. The summed E-state index contributed by atoms with van der Waals surface area (Å²) in [5.41, 5.74) is 1.29. The zero-order valence-electron chi connectivity index (χ0n) is 15.7. The number of hydrogen-bond donors (Lipinski definition) is 1. The molecule has 1 atom stereocenters. The fourth-order valence-corrected chi connectivity index (χ4v) is 3.50. The number of nitrogens with one attached hydrogen (secondary N) is 1. The van der Waals surface area contributed by atoms with Crippen LogP contribution in [0.2, 0.25) is 0 Å². The maximum atomic E-state index is 12.5. The highest BCUT2D eigenvalue weighted by Crippen LogP contribution is 2.26. The van der Waals surface area contributed by atoms with E-state index in [-0.39, 0.29) is 18.1 Å². The predicted octanol–water partition coefficient (Wildman–Crippen LogP) is 3.90. The molecular formula is C20H33N3O. The first-order valence-corrected chi connectivity index (χ1v) is 9.36. The molecule has 134 valence electrons. The molecular weight excluding hydrogens is 298 g/mol. The molecule has 0 aromatic heterocycles. The molecule has 1 unspecified atom stereocenters. The molecule has 0 spiro atoms. The molecule has 1 aromatic rings. The molecule has 0 radical (unpaired) electrons. The Kier molecular flexibility index (Phi) is 7.10. The van der Waals surface area contributed by atoms with Crippen molar-refractivity contribution < 1.29 is 4.79 Å². The van der Waals surface area contributed by atoms with Crippen LogP contribution in [0.25, 0.3) is 0 Å². The Labute approximate surface area is 147 Å². The van der Waals surface area contributed by atoms with Gasteiger partial charge in [-0.15, -0.1) is 0 Å². The molecule has 2 rings (SSSR count). The van der Waals surface area contributed by atoms with E-state index in [1.54, 1.807) is 0 Å². The van der Waals surface area contributed by atoms with Crippen molar-refractivity contribution in [2.45, 2.75) is 52.6 Å². The van der Waals surface area contributed by atoms with Gasteiger partial charge in [0.25, 0.3) is 0 Å². The molecule has 1 N–H and O–H groups in total. The molecule has 1 heterocycles. The number of likely N-dealkylation sites (tertiary alicyclic amines) is 1. The van der Waals surface area contributed by atoms with Crippen LogP contribution in [0.5, 0.6) is 0 Å². The third-order valence-corrected chi connectivity index (χ3v) is 5.11. The van der Waals surface area contributed by atoms with Crippen molar-refractivity contribution in [2.75, 3.05) is 26.2 Å². The van der Waals surface area contributed by atoms with Crippen molar-refractivity contribution in [3.63, 3.8) is 0 Å². The molecule has 1 aliphatic heterocycles. The molecule has 1 saturated heterocycles. The highest BCUT2D eigenvalue weighted by Gasteiger charge is 2.25. The Bertz CT molecular complexity index is 495. The topological polar surface area (TPSA) is 35.6 Å². The molecule has 0 aliphatic carbocycles. The second-order valence-corrected chi connectivity index (χ2v) is 7.21. The van der Waals surface area contributed by atoms with Crippen LogP contribution >= 0.6 is 0 Å². The van der Waals surface area contributed by atoms with Crippen molar-refractivity contribution in [3.8, 4) is 0 Å². The van der Waals surface area contributed by atoms with Gasteiger partial charge in [0, 0.05) is 19.1 Å². The molecule has 0 saturated carbocycles. The van der Waals surface area contributed by atoms with E-state index in [1.807, 2.05) is 11.8 Å². The second kappa shape index (κ2) is 9.07. The average molecular weight is 332 g/mol. The number of urea groups is 1. The lowest BCUT2D eigenvalue weighted by atomic mass is 9.95. The SMILES string of the molecule is CCN(C(=O)NCC(c1ccccc1)N1CCC(C)CC1)C(C)C. The van der Waals surface area contributed by atoms with E-state index < -0.39 is 0 Å². The summed E-state index contributed by atoms with van der Waals surface area (Å²) < 4.78 is 0. The number of rotatable bonds is 6. The number of benzene rings is 1. The summed E-state index contributed by atoms with van der Waals surface area (Å²) in [5.74, 6) is 0.809. The predicted molar refractivity (Wildman–Crippen MR) is 100 cm³/mol. The van der Waals surface area contributed by atoms with E-state index >= 15 is 0 Å². The van der Waals surface area contributed by atoms with Gasteiger partial charge in [0.05, 0.1) is 6.04 Å². The normalized spacial score (nSPS) is 17.7. The standard InChI is InChI=1S/C20H33N3O/c1-5-23(16(2)3)20(24)21-15-19(18-9-7-6-8-10-18)22-13-11-17(4)12-14-22/h6-10,16-17,19H,5,11-15H2,1-4H3,(H,21,24). The van der Waals surface area contributed by atoms with Crippen molar-refractivity contribution in [1.29, 1.82) is 0 Å². The third kappa shape index (κ3) is 4.97. The van der Waals surface area contributed by atoms with Gasteiger partial charge in [-0.3, -0.25) is 4.90 Å². The lowest BCUT2D eigenvalue weighted by Gasteiger charge is -2.37. The Hall–Kier alpha value is -1.55. The first-order chi connectivity index (χ1) is 11.5. The highest BCUT2D eigenvalue weighted by molar-refractivity contribution is 5.74. The van der Waals surface area contributed by atoms with Gasteiger partial charge in [-0.1, -0.05) is 37.3 Å². The number of carbonyl (C=O) groups excluding carboxylic acids is 1. The largest absolute Gasteiger partial charge is 0.336 e. The van der Waals surface area contributed by atoms with Crippen LogP contribution in [-0.2, 0) is 0 Å². The van der Waals surface area contributed by atoms with E-state index in [1.165, 1.54) is 18.4 Å². The van der Waals surface area contributed by atoms with Crippen molar-refractivity contribution >= 4 is 6.03 Å². The van der Waals surface area contributed by atoms with Gasteiger partial charge in [0.1, 0.15) is 0 Å². The average Bonchev–Trinajstić information content (AvgIpc) is 2.58. The molecule has 1 aromatic carbocycles. The molecule has 2 amide bonds. The monoisotopic (exact) mass is 331 g/mol. The minimum absolute atomic E-state index is 0.0406. The lowest BCUT2D eigenvalue weighted by molar-refractivity contribution is 0.132. The highest BCUT2D eigenvalue weighted by atomic mass is 16.2. The minimum atomic E-state index is 0.0406. The summed E-state index contributed by atoms with van der Waals surface area (Å²) in [6.07, 6.45) is 2.48. The van der Waals surface area contributed by atoms with Crippen molar-refractivity contribution in [3.05, 3.63) is 35.9 Å². The smallest absolute Gasteiger partial charge is 0.317 e. The zero-order valence-corrected chi connectivity index (χ0v) is 15.7. The maximum absolute atomic E-state index is 12.5. The number of amides is 2. The number of piperidine rings is 1. The Morgan fingerprint density at radius 2 is 1.88 bits per heavy atom. The van der Waals surface area contributed by atoms with Gasteiger partial charge >= 0.3 is 6.03 Å². The van der Waals surface area contributed by atoms with E-state index in [2.05, 4.69) is 61.3 Å². The molecule has 1 aliphatic rings. The molecule has 4 heteroatoms. The third-order valence-electron chi connectivity index (χ3n) is 5.11. The maximum Gasteiger partial charge on any atom is 0.317 e. The van der Waals surface area contributed by atoms with E-state index in [9.17, 15) is 4.79 Å². The van der Waals surface area contributed by atoms with Crippen molar-refractivity contribution in [2.24, 2.45) is 5.92 Å². The summed E-state index contributed by atoms with van der Waals surface area (Å²) in [6, 6.07) is 11.1. The van der Waals surface area contributed by atoms with E-state index in [0.29, 0.717) is 6.54 Å². The summed E-state index contributed by atoms with van der Waals surface area (Å²) in [6.45, 7) is 12.1. The second-order valence-electron chi connectivity index (χ2n) is 7.21. The van der Waals surface area contributed by atoms with Crippen LogP contribution < -0.4 is 5.32 Å². The fourth-order valence-electron chi connectivity index (χ4n) is 3.50. The Balaban J connectivity index is 2.05. The number of hydrogen-bond acceptors (Lipinski definition) is 2. The van der Waals surface area contributed by atoms with E-state index in [4.69, 9.17) is 0 Å². The van der Waals surface area contributed by atoms with E-state index in [0.717, 1.165) is 25.6 Å². The summed E-state index contributed by atoms with van der Waals surface area (Å²) in [4.78, 5) is 16.9. The number of nitrogens with zero attached hydrogens (tertiary/aromatic N) is 2. The molecule has 4 nitrogen and oxygen atoms in total. The van der Waals surface area contributed by atoms with Gasteiger partial charge in [-0.2, -0.15) is 0 Å². The van der Waals surface area contributed by atoms with Gasteiger partial charge in [-0.05, 0) is 58.2 Å². The Morgan fingerprint density at radius 1 is 1.25 bits per heavy atom. The van der Waals surface area contributed by atoms with Crippen LogP contribution in [0.1, 0.15) is 52.1 Å². The summed E-state index contributed by atoms with van der Waals surface area (Å²) in [7, 11) is 0. The Morgan fingerprint density at radius 3 is 2.42 bits per heavy atom. The van der Waals surface area contributed by atoms with Gasteiger partial charge in [0.15, 0.2) is 0 Å². The zero-order chi connectivity index (χ0) is 17.5. The lowest BCUT2D eigenvalue weighted by Crippen LogP contribution is -2.47. The fraction of sp³-hybridized carbons (Fsp3) is 0.650. The number of carbonyl (C=O) groups is 1. The van der Waals surface area contributed by atoms with Crippen LogP contribution in [0.3, 0.4) is 0 Å². The van der Waals surface area contributed by atoms with Gasteiger partial charge in [-0.25, -0.2) is 4.79 Å². The van der Waals surface area contributed by atoms with Gasteiger partial charge in [0.2, 0.25) is 0 Å². The molecule has 1 fully saturated rings. The van der Waals surface area contributed by atoms with Crippen LogP contribution in [0.15, 0.2) is 30.3 Å². The molecule has 0 bridgehead atoms. The van der Waals surface area contributed by atoms with Gasteiger partial charge < -0.3 is 10.2 Å². The quantitative estimate of drug-likeness (QED) is 0.858. The van der Waals surface area contributed by atoms with Crippen molar-refractivity contribution in [1.82, 2.24) is 15.1 Å². The van der Waals surface area contributed by atoms with Crippen LogP contribution in [0, 0.1) is 5.92 Å². The molecule has 24 heavy (non-hydrogen) atoms.